The first kappa shape index (κ1) is 16.9. The fourth-order valence-electron chi connectivity index (χ4n) is 2.55. The van der Waals surface area contributed by atoms with Crippen LogP contribution in [0, 0.1) is 6.92 Å². The molecule has 3 rings (SSSR count). The maximum atomic E-state index is 12.4. The second-order valence-corrected chi connectivity index (χ2v) is 6.84. The van der Waals surface area contributed by atoms with Gasteiger partial charge in [0.1, 0.15) is 0 Å². The number of likely N-dealkylation sites (N-methyl/N-ethyl adjacent to an activating group) is 1. The molecule has 0 spiro atoms. The van der Waals surface area contributed by atoms with Gasteiger partial charge in [-0.3, -0.25) is 4.79 Å². The van der Waals surface area contributed by atoms with Gasteiger partial charge in [0.2, 0.25) is 0 Å². The van der Waals surface area contributed by atoms with Crippen LogP contribution in [0.4, 0.5) is 11.5 Å². The largest absolute Gasteiger partial charge is 0.339 e. The predicted molar refractivity (Wildman–Crippen MR) is 97.6 cm³/mol. The molecule has 0 aliphatic carbocycles. The van der Waals surface area contributed by atoms with Crippen LogP contribution >= 0.6 is 15.9 Å². The Labute approximate surface area is 150 Å². The van der Waals surface area contributed by atoms with E-state index in [4.69, 9.17) is 0 Å². The lowest BCUT2D eigenvalue weighted by atomic mass is 10.2. The van der Waals surface area contributed by atoms with Gasteiger partial charge >= 0.3 is 0 Å². The lowest BCUT2D eigenvalue weighted by Gasteiger charge is -2.32. The molecule has 126 valence electrons. The Hall–Kier alpha value is -1.99. The second kappa shape index (κ2) is 7.27. The molecule has 1 aliphatic heterocycles. The van der Waals surface area contributed by atoms with Crippen molar-refractivity contribution in [3.63, 3.8) is 0 Å². The number of carbonyl (C=O) groups excluding carboxylic acids is 1. The Kier molecular flexibility index (Phi) is 5.11. The number of nitrogens with one attached hydrogen (secondary N) is 1. The van der Waals surface area contributed by atoms with Crippen LogP contribution < -0.4 is 5.32 Å². The number of halogens is 1. The smallest absolute Gasteiger partial charge is 0.274 e. The molecule has 24 heavy (non-hydrogen) atoms. The molecule has 1 fully saturated rings. The van der Waals surface area contributed by atoms with Gasteiger partial charge in [-0.25, -0.2) is 0 Å². The normalized spacial score (nSPS) is 15.4. The first-order chi connectivity index (χ1) is 11.5. The third kappa shape index (κ3) is 3.91. The first-order valence-electron chi connectivity index (χ1n) is 7.87. The van der Waals surface area contributed by atoms with Gasteiger partial charge in [0, 0.05) is 36.3 Å². The van der Waals surface area contributed by atoms with Crippen molar-refractivity contribution in [2.45, 2.75) is 6.92 Å². The summed E-state index contributed by atoms with van der Waals surface area (Å²) in [7, 11) is 2.06. The van der Waals surface area contributed by atoms with Gasteiger partial charge in [0.15, 0.2) is 11.5 Å². The first-order valence-corrected chi connectivity index (χ1v) is 8.67. The van der Waals surface area contributed by atoms with Crippen molar-refractivity contribution in [3.8, 4) is 0 Å². The minimum Gasteiger partial charge on any atom is -0.339 e. The summed E-state index contributed by atoms with van der Waals surface area (Å²) in [5, 5.41) is 11.4. The molecule has 1 N–H and O–H groups in total. The SMILES string of the molecule is Cc1cc(Nc2ccc(C(=O)N3CCN(C)CC3)nn2)ccc1Br. The molecule has 0 unspecified atom stereocenters. The molecule has 0 bridgehead atoms. The molecular formula is C17H20BrN5O. The van der Waals surface area contributed by atoms with Crippen LogP contribution in [-0.2, 0) is 0 Å². The van der Waals surface area contributed by atoms with Crippen LogP contribution in [0.15, 0.2) is 34.8 Å². The van der Waals surface area contributed by atoms with E-state index in [0.29, 0.717) is 11.5 Å². The number of benzene rings is 1. The summed E-state index contributed by atoms with van der Waals surface area (Å²) < 4.78 is 1.06. The molecule has 2 heterocycles. The van der Waals surface area contributed by atoms with Gasteiger partial charge in [-0.2, -0.15) is 0 Å². The molecule has 0 atom stereocenters. The molecular weight excluding hydrogens is 370 g/mol. The molecule has 1 saturated heterocycles. The zero-order valence-corrected chi connectivity index (χ0v) is 15.4. The number of carbonyl (C=O) groups is 1. The Morgan fingerprint density at radius 1 is 1.12 bits per heavy atom. The van der Waals surface area contributed by atoms with Crippen molar-refractivity contribution in [2.75, 3.05) is 38.5 Å². The molecule has 1 amide bonds. The monoisotopic (exact) mass is 389 g/mol. The van der Waals surface area contributed by atoms with Crippen LogP contribution in [0.3, 0.4) is 0 Å². The fraction of sp³-hybridized carbons (Fsp3) is 0.353. The quantitative estimate of drug-likeness (QED) is 0.873. The number of aromatic nitrogens is 2. The summed E-state index contributed by atoms with van der Waals surface area (Å²) in [6.07, 6.45) is 0. The minimum absolute atomic E-state index is 0.0540. The van der Waals surface area contributed by atoms with E-state index < -0.39 is 0 Å². The number of hydrogen-bond acceptors (Lipinski definition) is 5. The summed E-state index contributed by atoms with van der Waals surface area (Å²) in [6, 6.07) is 9.48. The van der Waals surface area contributed by atoms with E-state index in [1.54, 1.807) is 12.1 Å². The number of hydrogen-bond donors (Lipinski definition) is 1. The molecule has 1 aromatic heterocycles. The van der Waals surface area contributed by atoms with Crippen LogP contribution in [0.25, 0.3) is 0 Å². The number of rotatable bonds is 3. The summed E-state index contributed by atoms with van der Waals surface area (Å²) in [4.78, 5) is 16.5. The second-order valence-electron chi connectivity index (χ2n) is 5.99. The van der Waals surface area contributed by atoms with Gasteiger partial charge < -0.3 is 15.1 Å². The van der Waals surface area contributed by atoms with Gasteiger partial charge in [-0.15, -0.1) is 10.2 Å². The maximum Gasteiger partial charge on any atom is 0.274 e. The molecule has 0 saturated carbocycles. The average molecular weight is 390 g/mol. The average Bonchev–Trinajstić information content (AvgIpc) is 2.59. The highest BCUT2D eigenvalue weighted by Crippen LogP contribution is 2.22. The number of amides is 1. The van der Waals surface area contributed by atoms with Crippen molar-refractivity contribution in [1.82, 2.24) is 20.0 Å². The van der Waals surface area contributed by atoms with E-state index >= 15 is 0 Å². The van der Waals surface area contributed by atoms with Crippen molar-refractivity contribution >= 4 is 33.3 Å². The summed E-state index contributed by atoms with van der Waals surface area (Å²) in [5.74, 6) is 0.563. The lowest BCUT2D eigenvalue weighted by Crippen LogP contribution is -2.47. The maximum absolute atomic E-state index is 12.4. The third-order valence-electron chi connectivity index (χ3n) is 4.10. The van der Waals surface area contributed by atoms with Gasteiger partial charge in [-0.1, -0.05) is 15.9 Å². The van der Waals surface area contributed by atoms with Gasteiger partial charge in [0.05, 0.1) is 0 Å². The minimum atomic E-state index is -0.0540. The number of nitrogens with zero attached hydrogens (tertiary/aromatic N) is 4. The van der Waals surface area contributed by atoms with Crippen LogP contribution in [0.2, 0.25) is 0 Å². The Bertz CT molecular complexity index is 726. The highest BCUT2D eigenvalue weighted by atomic mass is 79.9. The van der Waals surface area contributed by atoms with E-state index in [2.05, 4.69) is 43.4 Å². The Morgan fingerprint density at radius 2 is 1.88 bits per heavy atom. The summed E-state index contributed by atoms with van der Waals surface area (Å²) in [6.45, 7) is 5.27. The van der Waals surface area contributed by atoms with Crippen LogP contribution in [0.1, 0.15) is 16.1 Å². The standard InChI is InChI=1S/C17H20BrN5O/c1-12-11-13(3-4-14(12)18)19-16-6-5-15(20-21-16)17(24)23-9-7-22(2)8-10-23/h3-6,11H,7-10H2,1-2H3,(H,19,21). The predicted octanol–water partition coefficient (Wildman–Crippen LogP) is 2.68. The molecule has 1 aromatic carbocycles. The van der Waals surface area contributed by atoms with Crippen LogP contribution in [0.5, 0.6) is 0 Å². The Balaban J connectivity index is 1.66. The van der Waals surface area contributed by atoms with E-state index in [9.17, 15) is 4.79 Å². The van der Waals surface area contributed by atoms with Gasteiger partial charge in [-0.05, 0) is 49.9 Å². The molecule has 7 heteroatoms. The summed E-state index contributed by atoms with van der Waals surface area (Å²) in [5.41, 5.74) is 2.45. The Morgan fingerprint density at radius 3 is 2.50 bits per heavy atom. The number of aryl methyl sites for hydroxylation is 1. The highest BCUT2D eigenvalue weighted by molar-refractivity contribution is 9.10. The lowest BCUT2D eigenvalue weighted by molar-refractivity contribution is 0.0657. The molecule has 2 aromatic rings. The number of piperazine rings is 1. The van der Waals surface area contributed by atoms with E-state index in [-0.39, 0.29) is 5.91 Å². The van der Waals surface area contributed by atoms with Crippen molar-refractivity contribution < 1.29 is 4.79 Å². The molecule has 6 nitrogen and oxygen atoms in total. The van der Waals surface area contributed by atoms with Crippen molar-refractivity contribution in [1.29, 1.82) is 0 Å². The van der Waals surface area contributed by atoms with E-state index in [1.165, 1.54) is 0 Å². The summed E-state index contributed by atoms with van der Waals surface area (Å²) >= 11 is 3.48. The zero-order chi connectivity index (χ0) is 17.1. The third-order valence-corrected chi connectivity index (χ3v) is 4.99. The fourth-order valence-corrected chi connectivity index (χ4v) is 2.80. The molecule has 0 radical (unpaired) electrons. The van der Waals surface area contributed by atoms with Crippen molar-refractivity contribution in [2.24, 2.45) is 0 Å². The topological polar surface area (TPSA) is 61.4 Å². The molecule has 1 aliphatic rings. The van der Waals surface area contributed by atoms with E-state index in [1.807, 2.05) is 30.0 Å². The van der Waals surface area contributed by atoms with Crippen molar-refractivity contribution in [3.05, 3.63) is 46.1 Å². The zero-order valence-electron chi connectivity index (χ0n) is 13.8. The highest BCUT2D eigenvalue weighted by Gasteiger charge is 2.21. The van der Waals surface area contributed by atoms with E-state index in [0.717, 1.165) is 41.9 Å². The number of anilines is 2. The van der Waals surface area contributed by atoms with Gasteiger partial charge in [0.25, 0.3) is 5.91 Å². The van der Waals surface area contributed by atoms with Crippen LogP contribution in [-0.4, -0.2) is 59.1 Å².